The first-order chi connectivity index (χ1) is 14.0. The first kappa shape index (κ1) is 8.82. The van der Waals surface area contributed by atoms with Crippen molar-refractivity contribution in [3.05, 3.63) is 11.8 Å². The van der Waals surface area contributed by atoms with Crippen LogP contribution in [0.25, 0.3) is 0 Å². The molecule has 1 aliphatic carbocycles. The molecule has 0 radical (unpaired) electrons. The van der Waals surface area contributed by atoms with Gasteiger partial charge in [0.25, 0.3) is 5.91 Å². The van der Waals surface area contributed by atoms with E-state index in [-0.39, 0.29) is 5.95 Å². The molecule has 23 heavy (non-hydrogen) atoms. The van der Waals surface area contributed by atoms with Crippen molar-refractivity contribution < 1.29 is 22.2 Å². The first-order valence-corrected chi connectivity index (χ1v) is 6.93. The molecule has 0 aliphatic heterocycles. The molecular weight excluding hydrogens is 294 g/mol. The molecule has 1 aromatic rings. The molecule has 1 aliphatic rings. The molecule has 7 nitrogen and oxygen atoms in total. The molecule has 1 heterocycles. The van der Waals surface area contributed by atoms with Gasteiger partial charge in [-0.15, -0.1) is 0 Å². The van der Waals surface area contributed by atoms with Gasteiger partial charge in [0, 0.05) is 27.3 Å². The quantitative estimate of drug-likeness (QED) is 0.669. The number of aromatic nitrogens is 2. The van der Waals surface area contributed by atoms with Crippen LogP contribution < -0.4 is 16.4 Å². The maximum absolute atomic E-state index is 11.9. The van der Waals surface area contributed by atoms with E-state index in [1.165, 1.54) is 0 Å². The highest BCUT2D eigenvalue weighted by Crippen LogP contribution is 2.27. The van der Waals surface area contributed by atoms with E-state index in [9.17, 15) is 9.90 Å². The zero-order valence-corrected chi connectivity index (χ0v) is 13.4. The Morgan fingerprint density at radius 2 is 2.22 bits per heavy atom. The number of hydrogen-bond acceptors (Lipinski definition) is 6. The van der Waals surface area contributed by atoms with Crippen molar-refractivity contribution in [2.75, 3.05) is 10.6 Å². The SMILES string of the molecule is [2H]C1([2H])C([2H])([2H])C([2H])(Nc2nc(NC(C)(C)C)ncc2C(N)=O)C([2H])([2H])C([2H])(O)C1([2H])C. The van der Waals surface area contributed by atoms with E-state index in [0.717, 1.165) is 6.20 Å². The van der Waals surface area contributed by atoms with E-state index in [2.05, 4.69) is 20.6 Å². The Hall–Kier alpha value is -1.89. The zero-order valence-electron chi connectivity index (χ0n) is 22.4. The molecule has 1 aromatic heterocycles. The van der Waals surface area contributed by atoms with Gasteiger partial charge in [-0.25, -0.2) is 4.98 Å². The summed E-state index contributed by atoms with van der Waals surface area (Å²) in [6, 6.07) is -3.45. The minimum atomic E-state index is -3.60. The van der Waals surface area contributed by atoms with Gasteiger partial charge in [-0.1, -0.05) is 6.92 Å². The second kappa shape index (κ2) is 6.70. The smallest absolute Gasteiger partial charge is 0.254 e. The van der Waals surface area contributed by atoms with Crippen molar-refractivity contribution in [3.63, 3.8) is 0 Å². The van der Waals surface area contributed by atoms with Crippen LogP contribution in [0.5, 0.6) is 0 Å². The maximum Gasteiger partial charge on any atom is 0.254 e. The van der Waals surface area contributed by atoms with Crippen LogP contribution in [0.3, 0.4) is 0 Å². The number of nitrogens with one attached hydrogen (secondary N) is 2. The van der Waals surface area contributed by atoms with Gasteiger partial charge in [0.15, 0.2) is 0 Å². The Balaban J connectivity index is 2.78. The molecule has 0 spiro atoms. The third-order valence-electron chi connectivity index (χ3n) is 2.76. The largest absolute Gasteiger partial charge is 0.393 e. The number of nitrogens with zero attached hydrogens (tertiary/aromatic N) is 2. The van der Waals surface area contributed by atoms with Gasteiger partial charge in [-0.2, -0.15) is 4.98 Å². The summed E-state index contributed by atoms with van der Waals surface area (Å²) in [7, 11) is 0. The summed E-state index contributed by atoms with van der Waals surface area (Å²) < 4.78 is 74.3. The number of aliphatic hydroxyl groups is 1. The fourth-order valence-corrected chi connectivity index (χ4v) is 1.69. The molecular formula is C16H27N5O2. The molecule has 1 fully saturated rings. The Labute approximate surface area is 149 Å². The zero-order chi connectivity index (χ0) is 25.3. The average Bonchev–Trinajstić information content (AvgIpc) is 2.58. The molecule has 0 bridgehead atoms. The second-order valence-electron chi connectivity index (χ2n) is 6.04. The number of carbonyl (C=O) groups is 1. The molecule has 2 rings (SSSR count). The highest BCUT2D eigenvalue weighted by Gasteiger charge is 2.27. The van der Waals surface area contributed by atoms with Crippen molar-refractivity contribution >= 4 is 17.7 Å². The lowest BCUT2D eigenvalue weighted by atomic mass is 9.85. The van der Waals surface area contributed by atoms with Crippen LogP contribution in [0, 0.1) is 5.89 Å². The highest BCUT2D eigenvalue weighted by atomic mass is 16.3. The van der Waals surface area contributed by atoms with E-state index in [4.69, 9.17) is 18.1 Å². The van der Waals surface area contributed by atoms with Gasteiger partial charge in [0.1, 0.15) is 5.82 Å². The molecule has 1 amide bonds. The molecule has 7 heteroatoms. The van der Waals surface area contributed by atoms with Crippen LogP contribution in [-0.2, 0) is 0 Å². The van der Waals surface area contributed by atoms with Crippen molar-refractivity contribution in [1.82, 2.24) is 9.97 Å². The minimum Gasteiger partial charge on any atom is -0.393 e. The number of carbonyl (C=O) groups excluding carboxylic acids is 1. The standard InChI is InChI=1S/C16H27N5O2/c1-9-5-6-10(7-12(9)22)19-14-11(13(17)23)8-18-15(20-14)21-16(2,3)4/h8-10,12,22H,5-7H2,1-4H3,(H2,17,23)(H2,18,19,20,21)/i5D2,6D2,7D2,9D,10D,12D. The van der Waals surface area contributed by atoms with Crippen LogP contribution >= 0.6 is 0 Å². The monoisotopic (exact) mass is 330 g/mol. The number of nitrogens with two attached hydrogens (primary N) is 1. The second-order valence-corrected chi connectivity index (χ2v) is 6.04. The topological polar surface area (TPSA) is 113 Å². The first-order valence-electron chi connectivity index (χ1n) is 11.4. The molecule has 3 unspecified atom stereocenters. The maximum atomic E-state index is 11.9. The summed E-state index contributed by atoms with van der Waals surface area (Å²) in [5.41, 5.74) is 4.28. The molecule has 128 valence electrons. The third kappa shape index (κ3) is 4.79. The molecule has 0 aromatic carbocycles. The predicted molar refractivity (Wildman–Crippen MR) is 90.4 cm³/mol. The van der Waals surface area contributed by atoms with E-state index in [0.29, 0.717) is 6.92 Å². The summed E-state index contributed by atoms with van der Waals surface area (Å²) in [4.78, 5) is 19.8. The Kier molecular flexibility index (Phi) is 2.57. The van der Waals surface area contributed by atoms with Crippen LogP contribution in [0.4, 0.5) is 11.8 Å². The van der Waals surface area contributed by atoms with Crippen LogP contribution in [-0.4, -0.2) is 38.6 Å². The van der Waals surface area contributed by atoms with E-state index in [1.54, 1.807) is 20.8 Å². The number of primary amides is 1. The highest BCUT2D eigenvalue weighted by molar-refractivity contribution is 5.97. The lowest BCUT2D eigenvalue weighted by molar-refractivity contribution is 0.0739. The van der Waals surface area contributed by atoms with E-state index in [1.807, 2.05) is 0 Å². The number of anilines is 2. The van der Waals surface area contributed by atoms with Crippen molar-refractivity contribution in [2.24, 2.45) is 11.6 Å². The average molecular weight is 330 g/mol. The van der Waals surface area contributed by atoms with Crippen LogP contribution in [0.15, 0.2) is 6.20 Å². The van der Waals surface area contributed by atoms with Gasteiger partial charge in [0.05, 0.1) is 14.4 Å². The lowest BCUT2D eigenvalue weighted by Crippen LogP contribution is -2.36. The van der Waals surface area contributed by atoms with Crippen molar-refractivity contribution in [2.45, 2.75) is 64.5 Å². The molecule has 1 saturated carbocycles. The van der Waals surface area contributed by atoms with Crippen molar-refractivity contribution in [1.29, 1.82) is 0 Å². The van der Waals surface area contributed by atoms with Gasteiger partial charge < -0.3 is 21.5 Å². The normalized spacial score (nSPS) is 46.9. The third-order valence-corrected chi connectivity index (χ3v) is 2.76. The van der Waals surface area contributed by atoms with E-state index < -0.39 is 59.9 Å². The molecule has 0 saturated heterocycles. The number of rotatable bonds is 4. The summed E-state index contributed by atoms with van der Waals surface area (Å²) >= 11 is 0. The van der Waals surface area contributed by atoms with Gasteiger partial charge in [-0.05, 0) is 45.8 Å². The number of hydrogen-bond donors (Lipinski definition) is 4. The van der Waals surface area contributed by atoms with Crippen LogP contribution in [0.1, 0.15) is 69.5 Å². The fraction of sp³-hybridized carbons (Fsp3) is 0.688. The number of amides is 1. The summed E-state index contributed by atoms with van der Waals surface area (Å²) in [5.74, 6) is -4.84. The molecule has 3 atom stereocenters. The predicted octanol–water partition coefficient (Wildman–Crippen LogP) is 1.75. The van der Waals surface area contributed by atoms with Gasteiger partial charge in [0.2, 0.25) is 5.95 Å². The fourth-order valence-electron chi connectivity index (χ4n) is 1.69. The molecule has 5 N–H and O–H groups in total. The Bertz CT molecular complexity index is 901. The Morgan fingerprint density at radius 1 is 1.52 bits per heavy atom. The summed E-state index contributed by atoms with van der Waals surface area (Å²) in [5, 5.41) is 15.6. The summed E-state index contributed by atoms with van der Waals surface area (Å²) in [6.45, 7) is 5.97. The summed E-state index contributed by atoms with van der Waals surface area (Å²) in [6.07, 6.45) is -13.2. The lowest BCUT2D eigenvalue weighted by Gasteiger charge is -2.32. The van der Waals surface area contributed by atoms with Gasteiger partial charge in [-0.3, -0.25) is 4.79 Å². The Morgan fingerprint density at radius 3 is 2.83 bits per heavy atom. The minimum absolute atomic E-state index is 0.0972. The van der Waals surface area contributed by atoms with Gasteiger partial charge >= 0.3 is 0 Å². The van der Waals surface area contributed by atoms with E-state index >= 15 is 0 Å². The van der Waals surface area contributed by atoms with Crippen LogP contribution in [0.2, 0.25) is 0 Å². The van der Waals surface area contributed by atoms with Crippen molar-refractivity contribution in [3.8, 4) is 0 Å².